The third-order valence-electron chi connectivity index (χ3n) is 4.18. The Bertz CT molecular complexity index is 477. The number of rotatable bonds is 5. The van der Waals surface area contributed by atoms with E-state index in [9.17, 15) is 0 Å². The predicted molar refractivity (Wildman–Crippen MR) is 82.0 cm³/mol. The van der Waals surface area contributed by atoms with Crippen molar-refractivity contribution in [3.63, 3.8) is 0 Å². The van der Waals surface area contributed by atoms with Gasteiger partial charge in [-0.25, -0.2) is 0 Å². The molecule has 4 nitrogen and oxygen atoms in total. The Labute approximate surface area is 126 Å². The first-order chi connectivity index (χ1) is 10.3. The van der Waals surface area contributed by atoms with Crippen molar-refractivity contribution in [2.45, 2.75) is 51.4 Å². The van der Waals surface area contributed by atoms with E-state index in [0.717, 1.165) is 37.3 Å². The van der Waals surface area contributed by atoms with Crippen LogP contribution in [0.25, 0.3) is 0 Å². The van der Waals surface area contributed by atoms with E-state index in [1.807, 2.05) is 6.07 Å². The molecule has 3 atom stereocenters. The molecule has 0 radical (unpaired) electrons. The fraction of sp³-hybridized carbons (Fsp3) is 0.647. The molecule has 0 bridgehead atoms. The second-order valence-corrected chi connectivity index (χ2v) is 5.90. The fourth-order valence-electron chi connectivity index (χ4n) is 3.10. The molecule has 0 aliphatic carbocycles. The summed E-state index contributed by atoms with van der Waals surface area (Å²) in [5, 5.41) is 3.63. The van der Waals surface area contributed by atoms with Gasteiger partial charge in [-0.15, -0.1) is 0 Å². The van der Waals surface area contributed by atoms with Crippen LogP contribution >= 0.6 is 0 Å². The zero-order valence-corrected chi connectivity index (χ0v) is 12.9. The molecule has 2 aliphatic heterocycles. The molecule has 3 rings (SSSR count). The number of hydrogen-bond donors (Lipinski definition) is 1. The fourth-order valence-corrected chi connectivity index (χ4v) is 3.10. The minimum Gasteiger partial charge on any atom is -0.486 e. The van der Waals surface area contributed by atoms with E-state index in [1.165, 1.54) is 5.56 Å². The first kappa shape index (κ1) is 14.7. The van der Waals surface area contributed by atoms with Crippen LogP contribution in [0.5, 0.6) is 11.5 Å². The summed E-state index contributed by atoms with van der Waals surface area (Å²) < 4.78 is 17.4. The normalized spacial score (nSPS) is 25.8. The lowest BCUT2D eigenvalue weighted by Crippen LogP contribution is -2.32. The van der Waals surface area contributed by atoms with Crippen molar-refractivity contribution >= 4 is 0 Å². The van der Waals surface area contributed by atoms with Crippen LogP contribution < -0.4 is 14.8 Å². The summed E-state index contributed by atoms with van der Waals surface area (Å²) in [6.07, 6.45) is 3.96. The maximum atomic E-state index is 6.08. The lowest BCUT2D eigenvalue weighted by Gasteiger charge is -2.27. The number of nitrogens with one attached hydrogen (secondary N) is 1. The van der Waals surface area contributed by atoms with Gasteiger partial charge < -0.3 is 19.5 Å². The highest BCUT2D eigenvalue weighted by atomic mass is 16.6. The minimum absolute atomic E-state index is 0.228. The highest BCUT2D eigenvalue weighted by molar-refractivity contribution is 5.45. The molecule has 1 N–H and O–H groups in total. The van der Waals surface area contributed by atoms with Crippen molar-refractivity contribution < 1.29 is 14.2 Å². The zero-order valence-electron chi connectivity index (χ0n) is 12.9. The number of hydrogen-bond acceptors (Lipinski definition) is 4. The minimum atomic E-state index is 0.228. The van der Waals surface area contributed by atoms with Crippen LogP contribution in [0.15, 0.2) is 18.2 Å². The quantitative estimate of drug-likeness (QED) is 0.905. The van der Waals surface area contributed by atoms with Gasteiger partial charge in [0.05, 0.1) is 18.2 Å². The SMILES string of the molecule is CCCNC(c1ccc2c(c1)OCCO2)C1CCC(C)O1. The molecule has 2 heterocycles. The first-order valence-corrected chi connectivity index (χ1v) is 8.06. The highest BCUT2D eigenvalue weighted by Gasteiger charge is 2.31. The van der Waals surface area contributed by atoms with Crippen LogP contribution in [0, 0.1) is 0 Å². The maximum Gasteiger partial charge on any atom is 0.161 e. The molecule has 1 saturated heterocycles. The van der Waals surface area contributed by atoms with E-state index in [-0.39, 0.29) is 12.1 Å². The van der Waals surface area contributed by atoms with Crippen molar-refractivity contribution in [3.8, 4) is 11.5 Å². The molecule has 3 unspecified atom stereocenters. The van der Waals surface area contributed by atoms with Gasteiger partial charge in [-0.1, -0.05) is 13.0 Å². The van der Waals surface area contributed by atoms with Crippen LogP contribution in [0.1, 0.15) is 44.7 Å². The van der Waals surface area contributed by atoms with Crippen LogP contribution in [-0.4, -0.2) is 32.0 Å². The van der Waals surface area contributed by atoms with E-state index in [1.54, 1.807) is 0 Å². The van der Waals surface area contributed by atoms with Gasteiger partial charge in [0.1, 0.15) is 13.2 Å². The van der Waals surface area contributed by atoms with Gasteiger partial charge in [0.2, 0.25) is 0 Å². The lowest BCUT2D eigenvalue weighted by molar-refractivity contribution is 0.0315. The van der Waals surface area contributed by atoms with Crippen molar-refractivity contribution in [2.75, 3.05) is 19.8 Å². The Morgan fingerprint density at radius 1 is 1.19 bits per heavy atom. The summed E-state index contributed by atoms with van der Waals surface area (Å²) >= 11 is 0. The molecule has 0 spiro atoms. The van der Waals surface area contributed by atoms with Crippen LogP contribution in [0.2, 0.25) is 0 Å². The van der Waals surface area contributed by atoms with Gasteiger partial charge in [0, 0.05) is 0 Å². The molecule has 1 fully saturated rings. The molecule has 4 heteroatoms. The van der Waals surface area contributed by atoms with Gasteiger partial charge in [-0.05, 0) is 50.4 Å². The Balaban J connectivity index is 1.81. The standard InChI is InChI=1S/C17H25NO3/c1-3-8-18-17(15-6-4-12(2)21-15)13-5-7-14-16(11-13)20-10-9-19-14/h5,7,11-12,15,17-18H,3-4,6,8-10H2,1-2H3. The van der Waals surface area contributed by atoms with Gasteiger partial charge in [-0.3, -0.25) is 0 Å². The lowest BCUT2D eigenvalue weighted by atomic mass is 9.98. The summed E-state index contributed by atoms with van der Waals surface area (Å²) in [5.74, 6) is 1.70. The molecular weight excluding hydrogens is 266 g/mol. The highest BCUT2D eigenvalue weighted by Crippen LogP contribution is 2.36. The van der Waals surface area contributed by atoms with E-state index >= 15 is 0 Å². The number of ether oxygens (including phenoxy) is 3. The molecular formula is C17H25NO3. The Hall–Kier alpha value is -1.26. The Kier molecular flexibility index (Phi) is 4.66. The van der Waals surface area contributed by atoms with Crippen molar-refractivity contribution in [3.05, 3.63) is 23.8 Å². The van der Waals surface area contributed by atoms with E-state index < -0.39 is 0 Å². The van der Waals surface area contributed by atoms with Gasteiger partial charge in [0.25, 0.3) is 0 Å². The zero-order chi connectivity index (χ0) is 14.7. The Morgan fingerprint density at radius 3 is 2.71 bits per heavy atom. The monoisotopic (exact) mass is 291 g/mol. The van der Waals surface area contributed by atoms with Crippen molar-refractivity contribution in [2.24, 2.45) is 0 Å². The largest absolute Gasteiger partial charge is 0.486 e. The predicted octanol–water partition coefficient (Wildman–Crippen LogP) is 3.07. The second kappa shape index (κ2) is 6.67. The molecule has 0 saturated carbocycles. The van der Waals surface area contributed by atoms with Gasteiger partial charge >= 0.3 is 0 Å². The second-order valence-electron chi connectivity index (χ2n) is 5.90. The van der Waals surface area contributed by atoms with Crippen molar-refractivity contribution in [1.29, 1.82) is 0 Å². The Morgan fingerprint density at radius 2 is 2.00 bits per heavy atom. The molecule has 0 aromatic heterocycles. The molecule has 1 aromatic carbocycles. The van der Waals surface area contributed by atoms with E-state index in [0.29, 0.717) is 19.3 Å². The first-order valence-electron chi connectivity index (χ1n) is 8.06. The number of benzene rings is 1. The smallest absolute Gasteiger partial charge is 0.161 e. The van der Waals surface area contributed by atoms with Gasteiger partial charge in [-0.2, -0.15) is 0 Å². The summed E-state index contributed by atoms with van der Waals surface area (Å²) in [4.78, 5) is 0. The average Bonchev–Trinajstić information content (AvgIpc) is 2.94. The summed E-state index contributed by atoms with van der Waals surface area (Å²) in [6, 6.07) is 6.48. The maximum absolute atomic E-state index is 6.08. The summed E-state index contributed by atoms with van der Waals surface area (Å²) in [6.45, 7) is 6.59. The molecule has 116 valence electrons. The average molecular weight is 291 g/mol. The van der Waals surface area contributed by atoms with Crippen molar-refractivity contribution in [1.82, 2.24) is 5.32 Å². The van der Waals surface area contributed by atoms with Crippen LogP contribution in [0.3, 0.4) is 0 Å². The van der Waals surface area contributed by atoms with Crippen LogP contribution in [-0.2, 0) is 4.74 Å². The van der Waals surface area contributed by atoms with E-state index in [2.05, 4.69) is 31.3 Å². The van der Waals surface area contributed by atoms with Gasteiger partial charge in [0.15, 0.2) is 11.5 Å². The molecule has 2 aliphatic rings. The molecule has 21 heavy (non-hydrogen) atoms. The van der Waals surface area contributed by atoms with Crippen LogP contribution in [0.4, 0.5) is 0 Å². The summed E-state index contributed by atoms with van der Waals surface area (Å²) in [5.41, 5.74) is 1.23. The number of fused-ring (bicyclic) bond motifs is 1. The molecule has 1 aromatic rings. The van der Waals surface area contributed by atoms with E-state index in [4.69, 9.17) is 14.2 Å². The molecule has 0 amide bonds. The third kappa shape index (κ3) is 3.33. The third-order valence-corrected chi connectivity index (χ3v) is 4.18. The summed E-state index contributed by atoms with van der Waals surface area (Å²) in [7, 11) is 0. The topological polar surface area (TPSA) is 39.7 Å².